The maximum Gasteiger partial charge on any atom is 0.0468 e. The van der Waals surface area contributed by atoms with E-state index in [4.69, 9.17) is 0 Å². The smallest absolute Gasteiger partial charge is 0.0468 e. The molecule has 234 valence electrons. The quantitative estimate of drug-likeness (QED) is 0.172. The van der Waals surface area contributed by atoms with Gasteiger partial charge in [-0.2, -0.15) is 0 Å². The second-order valence-corrected chi connectivity index (χ2v) is 13.9. The lowest BCUT2D eigenvalue weighted by Gasteiger charge is -2.26. The maximum absolute atomic E-state index is 4.45. The van der Waals surface area contributed by atoms with Gasteiger partial charge in [-0.1, -0.05) is 115 Å². The Balaban J connectivity index is 1.13. The highest BCUT2D eigenvalue weighted by Gasteiger charge is 2.17. The van der Waals surface area contributed by atoms with Crippen LogP contribution in [-0.2, 0) is 0 Å². The van der Waals surface area contributed by atoms with Crippen molar-refractivity contribution in [3.05, 3.63) is 182 Å². The van der Waals surface area contributed by atoms with E-state index < -0.39 is 0 Å². The Hall–Kier alpha value is -6.29. The molecule has 10 rings (SSSR count). The highest BCUT2D eigenvalue weighted by atomic mass is 32.1. The summed E-state index contributed by atoms with van der Waals surface area (Å²) in [5.74, 6) is 0. The molecular weight excluding hydrogens is 625 g/mol. The van der Waals surface area contributed by atoms with Crippen molar-refractivity contribution in [1.29, 1.82) is 0 Å². The molecule has 2 nitrogen and oxygen atoms in total. The minimum atomic E-state index is 1.11. The molecule has 0 saturated carbocycles. The van der Waals surface area contributed by atoms with Crippen molar-refractivity contribution >= 4 is 80.9 Å². The van der Waals surface area contributed by atoms with Crippen molar-refractivity contribution in [2.75, 3.05) is 4.90 Å². The predicted molar refractivity (Wildman–Crippen MR) is 215 cm³/mol. The van der Waals surface area contributed by atoms with E-state index >= 15 is 0 Å². The van der Waals surface area contributed by atoms with E-state index in [1.807, 2.05) is 23.7 Å². The molecule has 0 saturated heterocycles. The standard InChI is InChI=1S/C47H30N2S/c1-2-8-31(9-3-1)32-14-19-35(20-15-32)49(37-23-25-46-44(28-37)45-30-48-27-26-47(45)50-46)36-21-16-34(17-22-36)42-29-43-38-11-5-4-10-33(38)18-24-41(43)39-12-6-7-13-40(39)42/h1-30H. The maximum atomic E-state index is 4.45. The summed E-state index contributed by atoms with van der Waals surface area (Å²) >= 11 is 1.82. The molecule has 0 aliphatic carbocycles. The number of fused-ring (bicyclic) bond motifs is 8. The van der Waals surface area contributed by atoms with E-state index in [0.29, 0.717) is 0 Å². The zero-order valence-corrected chi connectivity index (χ0v) is 27.9. The third-order valence-electron chi connectivity index (χ3n) is 9.95. The van der Waals surface area contributed by atoms with Gasteiger partial charge in [0.2, 0.25) is 0 Å². The summed E-state index contributed by atoms with van der Waals surface area (Å²) < 4.78 is 2.52. The van der Waals surface area contributed by atoms with Gasteiger partial charge in [0.15, 0.2) is 0 Å². The van der Waals surface area contributed by atoms with Gasteiger partial charge in [0, 0.05) is 49.6 Å². The van der Waals surface area contributed by atoms with E-state index in [-0.39, 0.29) is 0 Å². The second kappa shape index (κ2) is 11.7. The number of pyridine rings is 1. The fourth-order valence-corrected chi connectivity index (χ4v) is 8.57. The zero-order valence-electron chi connectivity index (χ0n) is 27.1. The topological polar surface area (TPSA) is 16.1 Å². The highest BCUT2D eigenvalue weighted by molar-refractivity contribution is 7.25. The molecule has 0 spiro atoms. The first-order chi connectivity index (χ1) is 24.8. The summed E-state index contributed by atoms with van der Waals surface area (Å²) in [6.45, 7) is 0. The normalized spacial score (nSPS) is 11.6. The Morgan fingerprint density at radius 1 is 0.380 bits per heavy atom. The van der Waals surface area contributed by atoms with Gasteiger partial charge in [0.05, 0.1) is 0 Å². The van der Waals surface area contributed by atoms with E-state index in [1.165, 1.54) is 74.7 Å². The number of hydrogen-bond acceptors (Lipinski definition) is 3. The highest BCUT2D eigenvalue weighted by Crippen LogP contribution is 2.43. The number of nitrogens with zero attached hydrogens (tertiary/aromatic N) is 2. The molecule has 0 unspecified atom stereocenters. The summed E-state index contributed by atoms with van der Waals surface area (Å²) in [6.07, 6.45) is 3.87. The van der Waals surface area contributed by atoms with Crippen LogP contribution in [0.1, 0.15) is 0 Å². The van der Waals surface area contributed by atoms with Crippen LogP contribution in [0.25, 0.3) is 74.7 Å². The largest absolute Gasteiger partial charge is 0.310 e. The molecular formula is C47H30N2S. The van der Waals surface area contributed by atoms with Gasteiger partial charge in [-0.15, -0.1) is 11.3 Å². The third kappa shape index (κ3) is 4.74. The van der Waals surface area contributed by atoms with Crippen LogP contribution in [0.3, 0.4) is 0 Å². The van der Waals surface area contributed by atoms with Gasteiger partial charge in [0.25, 0.3) is 0 Å². The molecule has 0 amide bonds. The molecule has 2 aromatic heterocycles. The molecule has 0 atom stereocenters. The molecule has 2 heterocycles. The van der Waals surface area contributed by atoms with E-state index in [9.17, 15) is 0 Å². The molecule has 0 N–H and O–H groups in total. The Kier molecular flexibility index (Phi) is 6.71. The number of rotatable bonds is 5. The SMILES string of the molecule is c1ccc(-c2ccc(N(c3ccc(-c4cc5c6ccccc6ccc5c5ccccc45)cc3)c3ccc4sc5ccncc5c4c3)cc2)cc1. The number of aromatic nitrogens is 1. The first kappa shape index (κ1) is 28.7. The van der Waals surface area contributed by atoms with E-state index in [1.54, 1.807) is 0 Å². The second-order valence-electron chi connectivity index (χ2n) is 12.8. The monoisotopic (exact) mass is 654 g/mol. The third-order valence-corrected chi connectivity index (χ3v) is 11.1. The predicted octanol–water partition coefficient (Wildman–Crippen LogP) is 13.7. The van der Waals surface area contributed by atoms with Crippen LogP contribution in [0.2, 0.25) is 0 Å². The van der Waals surface area contributed by atoms with Gasteiger partial charge in [0.1, 0.15) is 0 Å². The van der Waals surface area contributed by atoms with Crippen LogP contribution >= 0.6 is 11.3 Å². The Labute approximate surface area is 294 Å². The van der Waals surface area contributed by atoms with Crippen LogP contribution in [0.4, 0.5) is 17.1 Å². The Bertz CT molecular complexity index is 2850. The summed E-state index contributed by atoms with van der Waals surface area (Å²) in [7, 11) is 0. The molecule has 0 aliphatic heterocycles. The van der Waals surface area contributed by atoms with Gasteiger partial charge in [-0.25, -0.2) is 0 Å². The lowest BCUT2D eigenvalue weighted by atomic mass is 9.91. The summed E-state index contributed by atoms with van der Waals surface area (Å²) in [5.41, 5.74) is 8.18. The van der Waals surface area contributed by atoms with Crippen LogP contribution in [0.15, 0.2) is 182 Å². The molecule has 3 heteroatoms. The van der Waals surface area contributed by atoms with Gasteiger partial charge < -0.3 is 4.90 Å². The fraction of sp³-hybridized carbons (Fsp3) is 0. The Morgan fingerprint density at radius 3 is 1.80 bits per heavy atom. The van der Waals surface area contributed by atoms with Gasteiger partial charge in [-0.3, -0.25) is 4.98 Å². The van der Waals surface area contributed by atoms with E-state index in [0.717, 1.165) is 17.1 Å². The van der Waals surface area contributed by atoms with Crippen molar-refractivity contribution in [1.82, 2.24) is 4.98 Å². The number of thiophene rings is 1. The van der Waals surface area contributed by atoms with Gasteiger partial charge in [-0.05, 0) is 109 Å². The molecule has 0 fully saturated rings. The molecule has 8 aromatic carbocycles. The lowest BCUT2D eigenvalue weighted by molar-refractivity contribution is 1.29. The molecule has 0 bridgehead atoms. The van der Waals surface area contributed by atoms with Gasteiger partial charge >= 0.3 is 0 Å². The first-order valence-corrected chi connectivity index (χ1v) is 17.8. The minimum absolute atomic E-state index is 1.11. The Morgan fingerprint density at radius 2 is 1.00 bits per heavy atom. The van der Waals surface area contributed by atoms with Crippen molar-refractivity contribution in [3.63, 3.8) is 0 Å². The van der Waals surface area contributed by atoms with Crippen LogP contribution in [-0.4, -0.2) is 4.98 Å². The van der Waals surface area contributed by atoms with Crippen molar-refractivity contribution in [3.8, 4) is 22.3 Å². The lowest BCUT2D eigenvalue weighted by Crippen LogP contribution is -2.09. The molecule has 0 radical (unpaired) electrons. The number of benzene rings is 8. The fourth-order valence-electron chi connectivity index (χ4n) is 7.52. The molecule has 10 aromatic rings. The summed E-state index contributed by atoms with van der Waals surface area (Å²) in [5, 5.41) is 10.1. The van der Waals surface area contributed by atoms with Crippen molar-refractivity contribution in [2.45, 2.75) is 0 Å². The number of hydrogen-bond donors (Lipinski definition) is 0. The number of anilines is 3. The average Bonchev–Trinajstić information content (AvgIpc) is 3.56. The van der Waals surface area contributed by atoms with Crippen LogP contribution < -0.4 is 4.90 Å². The van der Waals surface area contributed by atoms with Crippen molar-refractivity contribution in [2.24, 2.45) is 0 Å². The first-order valence-electron chi connectivity index (χ1n) is 16.9. The summed E-state index contributed by atoms with van der Waals surface area (Å²) in [4.78, 5) is 6.82. The average molecular weight is 655 g/mol. The zero-order chi connectivity index (χ0) is 33.0. The van der Waals surface area contributed by atoms with Crippen molar-refractivity contribution < 1.29 is 0 Å². The molecule has 0 aliphatic rings. The van der Waals surface area contributed by atoms with Crippen LogP contribution in [0.5, 0.6) is 0 Å². The summed E-state index contributed by atoms with van der Waals surface area (Å²) in [6, 6.07) is 61.9. The minimum Gasteiger partial charge on any atom is -0.310 e. The van der Waals surface area contributed by atoms with Crippen LogP contribution in [0, 0.1) is 0 Å². The van der Waals surface area contributed by atoms with E-state index in [2.05, 4.69) is 180 Å². The molecule has 50 heavy (non-hydrogen) atoms.